The highest BCUT2D eigenvalue weighted by atomic mass is 79.9. The Hall–Kier alpha value is -1.58. The van der Waals surface area contributed by atoms with Crippen molar-refractivity contribution >= 4 is 70.4 Å². The summed E-state index contributed by atoms with van der Waals surface area (Å²) in [5.41, 5.74) is 7.08. The molecule has 8 nitrogen and oxygen atoms in total. The van der Waals surface area contributed by atoms with Gasteiger partial charge in [-0.3, -0.25) is 24.2 Å². The molecule has 2 atom stereocenters. The van der Waals surface area contributed by atoms with Crippen molar-refractivity contribution in [3.63, 3.8) is 0 Å². The molecule has 0 radical (unpaired) electrons. The molecule has 0 saturated carbocycles. The number of nitrogens with zero attached hydrogens (tertiary/aromatic N) is 3. The third-order valence-corrected chi connectivity index (χ3v) is 10.1. The number of rotatable bonds is 5. The number of carbonyl (C=O) groups excluding carboxylic acids is 3. The number of benzene rings is 1. The standard InChI is InChI=1S/C29H34Br2ClN4O4P/c30-21-12-20-2-1-19-13-22(32)14-23(31)25(19)26(27(20)33-15-21)18-5-9-35(10-6-18)24(37)11-17-3-7-36(8-4-17)29(39)28(38)34-40-16-41/h12-15,17-18,26H,1-11,16,41H2,(H,34,38)/t26-/m1/s1. The maximum atomic E-state index is 13.3. The second-order valence-electron chi connectivity index (χ2n) is 11.0. The van der Waals surface area contributed by atoms with E-state index in [0.717, 1.165) is 58.4 Å². The van der Waals surface area contributed by atoms with E-state index in [4.69, 9.17) is 21.4 Å². The number of aromatic nitrogens is 1. The Balaban J connectivity index is 1.21. The van der Waals surface area contributed by atoms with Crippen molar-refractivity contribution in [1.29, 1.82) is 0 Å². The highest BCUT2D eigenvalue weighted by Crippen LogP contribution is 2.46. The van der Waals surface area contributed by atoms with Crippen molar-refractivity contribution in [2.75, 3.05) is 32.5 Å². The van der Waals surface area contributed by atoms with Crippen LogP contribution in [-0.2, 0) is 32.1 Å². The Labute approximate surface area is 264 Å². The molecule has 3 heterocycles. The third kappa shape index (κ3) is 7.15. The lowest BCUT2D eigenvalue weighted by atomic mass is 9.76. The van der Waals surface area contributed by atoms with Crippen LogP contribution in [0.2, 0.25) is 5.02 Å². The van der Waals surface area contributed by atoms with E-state index in [2.05, 4.69) is 58.7 Å². The minimum atomic E-state index is -0.762. The second-order valence-corrected chi connectivity index (χ2v) is 13.6. The Bertz CT molecular complexity index is 1320. The summed E-state index contributed by atoms with van der Waals surface area (Å²) in [4.78, 5) is 50.8. The normalized spacial score (nSPS) is 19.8. The van der Waals surface area contributed by atoms with Gasteiger partial charge in [-0.1, -0.05) is 27.5 Å². The van der Waals surface area contributed by atoms with Gasteiger partial charge >= 0.3 is 11.8 Å². The smallest absolute Gasteiger partial charge is 0.333 e. The molecular weight excluding hydrogens is 695 g/mol. The van der Waals surface area contributed by atoms with Crippen LogP contribution in [0.1, 0.15) is 60.4 Å². The molecule has 1 aliphatic carbocycles. The molecule has 1 N–H and O–H groups in total. The number of nitrogens with one attached hydrogen (secondary N) is 1. The lowest BCUT2D eigenvalue weighted by Crippen LogP contribution is -2.47. The number of hydrogen-bond donors (Lipinski definition) is 1. The molecule has 1 aromatic heterocycles. The summed E-state index contributed by atoms with van der Waals surface area (Å²) in [5.74, 6) is -0.470. The summed E-state index contributed by atoms with van der Waals surface area (Å²) in [6.45, 7) is 2.38. The van der Waals surface area contributed by atoms with Gasteiger partial charge in [0.1, 0.15) is 0 Å². The molecule has 2 aliphatic heterocycles. The highest BCUT2D eigenvalue weighted by molar-refractivity contribution is 9.10. The molecule has 2 saturated heterocycles. The molecule has 3 aliphatic rings. The molecule has 2 aromatic rings. The van der Waals surface area contributed by atoms with Crippen molar-refractivity contribution in [2.24, 2.45) is 11.8 Å². The van der Waals surface area contributed by atoms with Crippen LogP contribution in [0.3, 0.4) is 0 Å². The molecule has 41 heavy (non-hydrogen) atoms. The number of hydrogen-bond acceptors (Lipinski definition) is 5. The van der Waals surface area contributed by atoms with Gasteiger partial charge in [0.05, 0.1) is 12.0 Å². The molecule has 0 bridgehead atoms. The lowest BCUT2D eigenvalue weighted by molar-refractivity contribution is -0.152. The fourth-order valence-corrected chi connectivity index (χ4v) is 8.11. The van der Waals surface area contributed by atoms with Crippen LogP contribution in [-0.4, -0.2) is 65.0 Å². The van der Waals surface area contributed by atoms with Crippen molar-refractivity contribution in [3.05, 3.63) is 60.7 Å². The zero-order chi connectivity index (χ0) is 29.1. The van der Waals surface area contributed by atoms with Gasteiger partial charge in [-0.05, 0) is 101 Å². The molecule has 12 heteroatoms. The summed E-state index contributed by atoms with van der Waals surface area (Å²) in [7, 11) is 2.31. The van der Waals surface area contributed by atoms with E-state index < -0.39 is 11.8 Å². The van der Waals surface area contributed by atoms with Gasteiger partial charge in [-0.15, -0.1) is 9.24 Å². The molecule has 220 valence electrons. The fourth-order valence-electron chi connectivity index (χ4n) is 6.52. The molecule has 1 unspecified atom stereocenters. The van der Waals surface area contributed by atoms with Gasteiger partial charge in [0, 0.05) is 58.7 Å². The van der Waals surface area contributed by atoms with Crippen LogP contribution in [0.15, 0.2) is 33.3 Å². The summed E-state index contributed by atoms with van der Waals surface area (Å²) in [6, 6.07) is 6.27. The first kappa shape index (κ1) is 30.9. The first-order valence-corrected chi connectivity index (χ1v) is 16.8. The van der Waals surface area contributed by atoms with E-state index in [0.29, 0.717) is 38.3 Å². The Morgan fingerprint density at radius 2 is 1.68 bits per heavy atom. The Kier molecular flexibility index (Phi) is 10.4. The SMILES string of the molecule is O=C(NOCP)C(=O)N1CCC(CC(=O)N2CCC([C@H]3c4ncc(Br)cc4CCc4cc(Cl)cc(Br)c43)CC2)CC1. The van der Waals surface area contributed by atoms with E-state index in [-0.39, 0.29) is 24.1 Å². The van der Waals surface area contributed by atoms with E-state index in [9.17, 15) is 14.4 Å². The van der Waals surface area contributed by atoms with Crippen molar-refractivity contribution in [2.45, 2.75) is 50.9 Å². The average molecular weight is 729 g/mol. The number of hydroxylamine groups is 1. The summed E-state index contributed by atoms with van der Waals surface area (Å²) >= 11 is 13.9. The van der Waals surface area contributed by atoms with Crippen molar-refractivity contribution in [1.82, 2.24) is 20.3 Å². The van der Waals surface area contributed by atoms with E-state index in [1.165, 1.54) is 21.6 Å². The van der Waals surface area contributed by atoms with Crippen LogP contribution in [0, 0.1) is 11.8 Å². The molecule has 5 rings (SSSR count). The van der Waals surface area contributed by atoms with Gasteiger partial charge < -0.3 is 9.80 Å². The summed E-state index contributed by atoms with van der Waals surface area (Å²) in [6.07, 6.45) is 7.63. The van der Waals surface area contributed by atoms with Gasteiger partial charge in [-0.2, -0.15) is 0 Å². The van der Waals surface area contributed by atoms with Crippen LogP contribution < -0.4 is 5.48 Å². The predicted molar refractivity (Wildman–Crippen MR) is 167 cm³/mol. The topological polar surface area (TPSA) is 91.8 Å². The number of amides is 3. The maximum absolute atomic E-state index is 13.3. The van der Waals surface area contributed by atoms with Crippen LogP contribution in [0.25, 0.3) is 0 Å². The Morgan fingerprint density at radius 3 is 2.39 bits per heavy atom. The molecule has 1 aromatic carbocycles. The number of aryl methyl sites for hydroxylation is 2. The first-order valence-electron chi connectivity index (χ1n) is 14.1. The highest BCUT2D eigenvalue weighted by Gasteiger charge is 2.37. The van der Waals surface area contributed by atoms with Crippen molar-refractivity contribution in [3.8, 4) is 0 Å². The van der Waals surface area contributed by atoms with E-state index in [1.807, 2.05) is 17.2 Å². The predicted octanol–water partition coefficient (Wildman–Crippen LogP) is 5.24. The lowest BCUT2D eigenvalue weighted by Gasteiger charge is -2.38. The number of carbonyl (C=O) groups is 3. The number of halogens is 3. The molecule has 3 amide bonds. The zero-order valence-electron chi connectivity index (χ0n) is 22.7. The first-order chi connectivity index (χ1) is 19.7. The van der Waals surface area contributed by atoms with Crippen LogP contribution in [0.5, 0.6) is 0 Å². The fraction of sp³-hybridized carbons (Fsp3) is 0.517. The van der Waals surface area contributed by atoms with Gasteiger partial charge in [0.15, 0.2) is 0 Å². The molecule has 2 fully saturated rings. The summed E-state index contributed by atoms with van der Waals surface area (Å²) in [5, 5.41) is 0.734. The van der Waals surface area contributed by atoms with Crippen molar-refractivity contribution < 1.29 is 19.2 Å². The number of pyridine rings is 1. The quantitative estimate of drug-likeness (QED) is 0.259. The average Bonchev–Trinajstić information content (AvgIpc) is 3.12. The number of fused-ring (bicyclic) bond motifs is 2. The number of piperidine rings is 2. The zero-order valence-corrected chi connectivity index (χ0v) is 27.8. The third-order valence-electron chi connectivity index (χ3n) is 8.59. The van der Waals surface area contributed by atoms with Gasteiger partial charge in [0.2, 0.25) is 5.91 Å². The maximum Gasteiger partial charge on any atom is 0.333 e. The Morgan fingerprint density at radius 1 is 1.00 bits per heavy atom. The second kappa shape index (κ2) is 13.8. The van der Waals surface area contributed by atoms with E-state index in [1.54, 1.807) is 0 Å². The molecular formula is C29H34Br2ClN4O4P. The van der Waals surface area contributed by atoms with Crippen LogP contribution >= 0.6 is 52.7 Å². The minimum Gasteiger partial charge on any atom is -0.343 e. The van der Waals surface area contributed by atoms with Gasteiger partial charge in [-0.25, -0.2) is 5.48 Å². The molecule has 0 spiro atoms. The van der Waals surface area contributed by atoms with E-state index >= 15 is 0 Å². The monoisotopic (exact) mass is 726 g/mol. The minimum absolute atomic E-state index is 0.139. The van der Waals surface area contributed by atoms with Gasteiger partial charge in [0.25, 0.3) is 0 Å². The largest absolute Gasteiger partial charge is 0.343 e. The van der Waals surface area contributed by atoms with Crippen LogP contribution in [0.4, 0.5) is 0 Å². The number of likely N-dealkylation sites (tertiary alicyclic amines) is 2. The summed E-state index contributed by atoms with van der Waals surface area (Å²) < 4.78 is 2.02.